The van der Waals surface area contributed by atoms with Crippen LogP contribution < -0.4 is 4.74 Å². The van der Waals surface area contributed by atoms with Crippen molar-refractivity contribution in [3.63, 3.8) is 0 Å². The molecule has 1 amide bonds. The number of aromatic hydroxyl groups is 1. The summed E-state index contributed by atoms with van der Waals surface area (Å²) in [4.78, 5) is 14.9. The number of azo groups is 1. The van der Waals surface area contributed by atoms with E-state index >= 15 is 0 Å². The van der Waals surface area contributed by atoms with Crippen LogP contribution in [-0.2, 0) is 0 Å². The van der Waals surface area contributed by atoms with Gasteiger partial charge in [-0.05, 0) is 44.2 Å². The number of aromatic nitrogens is 1. The van der Waals surface area contributed by atoms with Crippen LogP contribution in [0.1, 0.15) is 24.2 Å². The fourth-order valence-corrected chi connectivity index (χ4v) is 2.32. The summed E-state index contributed by atoms with van der Waals surface area (Å²) in [5.74, 6) is 0.0805. The van der Waals surface area contributed by atoms with Crippen molar-refractivity contribution in [2.24, 2.45) is 10.2 Å². The molecule has 6 heteroatoms. The summed E-state index contributed by atoms with van der Waals surface area (Å²) < 4.78 is 5.53. The third kappa shape index (κ3) is 3.27. The standard InChI is InChI=1S/C18H17N3O3/c1-11(2)24-13-9-7-12(8-10-13)17(22)21-20-16-14-5-3-4-6-15(14)19-18(16)23/h3-11,19,23H,1-2H3. The molecular formula is C18H17N3O3. The minimum atomic E-state index is -0.490. The van der Waals surface area contributed by atoms with Crippen LogP contribution in [0.3, 0.4) is 0 Å². The lowest BCUT2D eigenvalue weighted by Gasteiger charge is -2.09. The summed E-state index contributed by atoms with van der Waals surface area (Å²) >= 11 is 0. The summed E-state index contributed by atoms with van der Waals surface area (Å²) in [5.41, 5.74) is 1.37. The zero-order chi connectivity index (χ0) is 17.1. The van der Waals surface area contributed by atoms with Gasteiger partial charge in [0.2, 0.25) is 5.88 Å². The highest BCUT2D eigenvalue weighted by Crippen LogP contribution is 2.35. The summed E-state index contributed by atoms with van der Waals surface area (Å²) in [5, 5.41) is 18.2. The monoisotopic (exact) mass is 323 g/mol. The first-order valence-electron chi connectivity index (χ1n) is 7.57. The average Bonchev–Trinajstić information content (AvgIpc) is 2.88. The smallest absolute Gasteiger partial charge is 0.295 e. The molecule has 3 rings (SSSR count). The van der Waals surface area contributed by atoms with E-state index in [-0.39, 0.29) is 17.7 Å². The molecule has 24 heavy (non-hydrogen) atoms. The van der Waals surface area contributed by atoms with Gasteiger partial charge in [-0.25, -0.2) is 0 Å². The molecule has 2 N–H and O–H groups in total. The number of H-pyrrole nitrogens is 1. The summed E-state index contributed by atoms with van der Waals surface area (Å²) in [6.45, 7) is 3.86. The van der Waals surface area contributed by atoms with E-state index in [1.165, 1.54) is 0 Å². The minimum absolute atomic E-state index is 0.0658. The lowest BCUT2D eigenvalue weighted by Crippen LogP contribution is -2.05. The maximum Gasteiger partial charge on any atom is 0.295 e. The molecule has 0 atom stereocenters. The number of fused-ring (bicyclic) bond motifs is 1. The Hall–Kier alpha value is -3.15. The second kappa shape index (κ2) is 6.54. The van der Waals surface area contributed by atoms with Crippen molar-refractivity contribution in [3.05, 3.63) is 54.1 Å². The predicted octanol–water partition coefficient (Wildman–Crippen LogP) is 4.58. The van der Waals surface area contributed by atoms with Gasteiger partial charge in [0, 0.05) is 10.9 Å². The number of hydrogen-bond acceptors (Lipinski definition) is 4. The van der Waals surface area contributed by atoms with E-state index < -0.39 is 5.91 Å². The zero-order valence-corrected chi connectivity index (χ0v) is 13.4. The molecule has 0 unspecified atom stereocenters. The lowest BCUT2D eigenvalue weighted by atomic mass is 10.2. The van der Waals surface area contributed by atoms with Crippen molar-refractivity contribution in [1.29, 1.82) is 0 Å². The zero-order valence-electron chi connectivity index (χ0n) is 13.4. The van der Waals surface area contributed by atoms with E-state index in [0.717, 1.165) is 5.52 Å². The topological polar surface area (TPSA) is 87.0 Å². The van der Waals surface area contributed by atoms with E-state index in [2.05, 4.69) is 15.2 Å². The van der Waals surface area contributed by atoms with Crippen LogP contribution in [0.25, 0.3) is 10.9 Å². The van der Waals surface area contributed by atoms with Gasteiger partial charge in [-0.1, -0.05) is 18.2 Å². The van der Waals surface area contributed by atoms with Crippen molar-refractivity contribution in [3.8, 4) is 11.6 Å². The van der Waals surface area contributed by atoms with Crippen molar-refractivity contribution >= 4 is 22.5 Å². The molecule has 0 aliphatic heterocycles. The third-order valence-electron chi connectivity index (χ3n) is 3.37. The highest BCUT2D eigenvalue weighted by atomic mass is 16.5. The molecule has 122 valence electrons. The Morgan fingerprint density at radius 2 is 1.83 bits per heavy atom. The van der Waals surface area contributed by atoms with E-state index in [1.807, 2.05) is 32.0 Å². The van der Waals surface area contributed by atoms with E-state index in [0.29, 0.717) is 16.7 Å². The first kappa shape index (κ1) is 15.7. The quantitative estimate of drug-likeness (QED) is 0.689. The molecule has 0 aliphatic carbocycles. The van der Waals surface area contributed by atoms with Crippen LogP contribution in [0.2, 0.25) is 0 Å². The van der Waals surface area contributed by atoms with E-state index in [9.17, 15) is 9.90 Å². The number of para-hydroxylation sites is 1. The fourth-order valence-electron chi connectivity index (χ4n) is 2.32. The first-order chi connectivity index (χ1) is 11.5. The normalized spacial score (nSPS) is 11.5. The molecule has 0 spiro atoms. The molecule has 0 bridgehead atoms. The number of carbonyl (C=O) groups is 1. The van der Waals surface area contributed by atoms with Gasteiger partial charge in [0.05, 0.1) is 11.6 Å². The van der Waals surface area contributed by atoms with Crippen LogP contribution >= 0.6 is 0 Å². The van der Waals surface area contributed by atoms with Crippen LogP contribution in [0, 0.1) is 0 Å². The SMILES string of the molecule is CC(C)Oc1ccc(C(=O)N=Nc2c(O)[nH]c3ccccc23)cc1. The largest absolute Gasteiger partial charge is 0.493 e. The second-order valence-electron chi connectivity index (χ2n) is 5.56. The molecule has 0 radical (unpaired) electrons. The van der Waals surface area contributed by atoms with Crippen molar-refractivity contribution < 1.29 is 14.6 Å². The number of aromatic amines is 1. The highest BCUT2D eigenvalue weighted by molar-refractivity contribution is 5.97. The van der Waals surface area contributed by atoms with Gasteiger partial charge in [0.1, 0.15) is 5.75 Å². The van der Waals surface area contributed by atoms with Crippen molar-refractivity contribution in [2.45, 2.75) is 20.0 Å². The van der Waals surface area contributed by atoms with Gasteiger partial charge >= 0.3 is 0 Å². The number of nitrogens with one attached hydrogen (secondary N) is 1. The van der Waals surface area contributed by atoms with Gasteiger partial charge in [-0.15, -0.1) is 10.2 Å². The Bertz CT molecular complexity index is 896. The van der Waals surface area contributed by atoms with Crippen LogP contribution in [0.4, 0.5) is 5.69 Å². The molecule has 6 nitrogen and oxygen atoms in total. The molecule has 0 saturated heterocycles. The number of benzene rings is 2. The van der Waals surface area contributed by atoms with Gasteiger partial charge in [-0.3, -0.25) is 4.79 Å². The Labute approximate surface area is 138 Å². The molecule has 0 fully saturated rings. The van der Waals surface area contributed by atoms with Gasteiger partial charge in [0.15, 0.2) is 5.69 Å². The second-order valence-corrected chi connectivity index (χ2v) is 5.56. The van der Waals surface area contributed by atoms with Crippen LogP contribution in [0.15, 0.2) is 58.8 Å². The Balaban J connectivity index is 1.81. The number of rotatable bonds is 4. The summed E-state index contributed by atoms with van der Waals surface area (Å²) in [6.07, 6.45) is 0.0658. The molecule has 1 heterocycles. The summed E-state index contributed by atoms with van der Waals surface area (Å²) in [7, 11) is 0. The van der Waals surface area contributed by atoms with E-state index in [1.54, 1.807) is 30.3 Å². The Morgan fingerprint density at radius 3 is 2.54 bits per heavy atom. The maximum absolute atomic E-state index is 12.1. The van der Waals surface area contributed by atoms with Gasteiger partial charge in [0.25, 0.3) is 5.91 Å². The lowest BCUT2D eigenvalue weighted by molar-refractivity contribution is 0.0995. The van der Waals surface area contributed by atoms with Crippen LogP contribution in [-0.4, -0.2) is 22.1 Å². The minimum Gasteiger partial charge on any atom is -0.493 e. The van der Waals surface area contributed by atoms with Gasteiger partial charge < -0.3 is 14.8 Å². The first-order valence-corrected chi connectivity index (χ1v) is 7.57. The number of amides is 1. The fraction of sp³-hybridized carbons (Fsp3) is 0.167. The molecule has 0 aliphatic rings. The highest BCUT2D eigenvalue weighted by Gasteiger charge is 2.11. The average molecular weight is 323 g/mol. The molecule has 0 saturated carbocycles. The Morgan fingerprint density at radius 1 is 1.12 bits per heavy atom. The van der Waals surface area contributed by atoms with Crippen molar-refractivity contribution in [1.82, 2.24) is 4.98 Å². The molecule has 1 aromatic heterocycles. The van der Waals surface area contributed by atoms with E-state index in [4.69, 9.17) is 4.74 Å². The van der Waals surface area contributed by atoms with Crippen LogP contribution in [0.5, 0.6) is 11.6 Å². The summed E-state index contributed by atoms with van der Waals surface area (Å²) in [6, 6.07) is 14.0. The molecular weight excluding hydrogens is 306 g/mol. The third-order valence-corrected chi connectivity index (χ3v) is 3.37. The Kier molecular flexibility index (Phi) is 4.29. The number of hydrogen-bond donors (Lipinski definition) is 2. The number of nitrogens with zero attached hydrogens (tertiary/aromatic N) is 2. The number of carbonyl (C=O) groups excluding carboxylic acids is 1. The maximum atomic E-state index is 12.1. The van der Waals surface area contributed by atoms with Gasteiger partial charge in [-0.2, -0.15) is 0 Å². The van der Waals surface area contributed by atoms with Crippen molar-refractivity contribution in [2.75, 3.05) is 0 Å². The predicted molar refractivity (Wildman–Crippen MR) is 91.0 cm³/mol. The number of ether oxygens (including phenoxy) is 1. The molecule has 2 aromatic carbocycles. The molecule has 3 aromatic rings.